The third kappa shape index (κ3) is 3.80. The zero-order valence-electron chi connectivity index (χ0n) is 16.1. The lowest BCUT2D eigenvalue weighted by molar-refractivity contribution is 0.0278. The van der Waals surface area contributed by atoms with Gasteiger partial charge in [-0.25, -0.2) is 9.59 Å². The second kappa shape index (κ2) is 8.08. The van der Waals surface area contributed by atoms with Crippen LogP contribution in [0.25, 0.3) is 11.5 Å². The van der Waals surface area contributed by atoms with Gasteiger partial charge in [0.1, 0.15) is 5.69 Å². The minimum atomic E-state index is -0.753. The summed E-state index contributed by atoms with van der Waals surface area (Å²) in [7, 11) is 0. The molecule has 8 heteroatoms. The number of benzene rings is 1. The van der Waals surface area contributed by atoms with Crippen LogP contribution in [0.3, 0.4) is 0 Å². The summed E-state index contributed by atoms with van der Waals surface area (Å²) in [5.74, 6) is -0.575. The lowest BCUT2D eigenvalue weighted by Crippen LogP contribution is -2.12. The Kier molecular flexibility index (Phi) is 5.58. The van der Waals surface area contributed by atoms with Gasteiger partial charge >= 0.3 is 11.9 Å². The van der Waals surface area contributed by atoms with Crippen molar-refractivity contribution in [2.45, 2.75) is 33.8 Å². The normalized spacial score (nSPS) is 11.9. The molecule has 8 nitrogen and oxygen atoms in total. The second-order valence-corrected chi connectivity index (χ2v) is 6.20. The van der Waals surface area contributed by atoms with Crippen molar-refractivity contribution in [3.8, 4) is 11.5 Å². The van der Waals surface area contributed by atoms with E-state index in [1.165, 1.54) is 0 Å². The van der Waals surface area contributed by atoms with Crippen LogP contribution in [0.2, 0.25) is 0 Å². The summed E-state index contributed by atoms with van der Waals surface area (Å²) >= 11 is 0. The number of carbonyl (C=O) groups is 2. The van der Waals surface area contributed by atoms with Crippen LogP contribution in [0, 0.1) is 13.8 Å². The number of nitrogens with one attached hydrogen (secondary N) is 1. The molecule has 1 aromatic carbocycles. The summed E-state index contributed by atoms with van der Waals surface area (Å²) in [6, 6.07) is 9.30. The van der Waals surface area contributed by atoms with Crippen LogP contribution in [0.4, 0.5) is 0 Å². The van der Waals surface area contributed by atoms with Crippen LogP contribution >= 0.6 is 0 Å². The Morgan fingerprint density at radius 2 is 1.86 bits per heavy atom. The molecule has 0 saturated heterocycles. The van der Waals surface area contributed by atoms with Gasteiger partial charge in [-0.05, 0) is 45.4 Å². The molecular weight excluding hydrogens is 362 g/mol. The van der Waals surface area contributed by atoms with Crippen molar-refractivity contribution in [2.75, 3.05) is 6.61 Å². The number of carbonyl (C=O) groups excluding carboxylic acids is 2. The Morgan fingerprint density at radius 1 is 1.14 bits per heavy atom. The summed E-state index contributed by atoms with van der Waals surface area (Å²) in [6.45, 7) is 6.96. The molecule has 0 aliphatic carbocycles. The number of esters is 2. The zero-order valence-corrected chi connectivity index (χ0v) is 16.1. The van der Waals surface area contributed by atoms with Gasteiger partial charge in [0.2, 0.25) is 5.89 Å². The predicted molar refractivity (Wildman–Crippen MR) is 99.8 cm³/mol. The number of H-pyrrole nitrogens is 1. The fourth-order valence-corrected chi connectivity index (χ4v) is 2.83. The topological polar surface area (TPSA) is 107 Å². The molecule has 0 aliphatic heterocycles. The Morgan fingerprint density at radius 3 is 2.54 bits per heavy atom. The molecule has 0 amide bonds. The molecule has 2 heterocycles. The third-order valence-corrected chi connectivity index (χ3v) is 4.21. The molecule has 3 rings (SSSR count). The van der Waals surface area contributed by atoms with E-state index in [-0.39, 0.29) is 23.8 Å². The summed E-state index contributed by atoms with van der Waals surface area (Å²) < 4.78 is 16.1. The van der Waals surface area contributed by atoms with Crippen molar-refractivity contribution in [1.29, 1.82) is 0 Å². The minimum Gasteiger partial charge on any atom is -0.461 e. The average Bonchev–Trinajstić information content (AvgIpc) is 3.27. The molecule has 28 heavy (non-hydrogen) atoms. The van der Waals surface area contributed by atoms with E-state index < -0.39 is 18.0 Å². The van der Waals surface area contributed by atoms with Crippen LogP contribution in [0.1, 0.15) is 57.9 Å². The van der Waals surface area contributed by atoms with Gasteiger partial charge in [0.25, 0.3) is 5.89 Å². The van der Waals surface area contributed by atoms with Gasteiger partial charge in [0, 0.05) is 11.3 Å². The van der Waals surface area contributed by atoms with Crippen LogP contribution < -0.4 is 0 Å². The Labute approximate surface area is 161 Å². The first-order valence-electron chi connectivity index (χ1n) is 8.88. The van der Waals surface area contributed by atoms with E-state index in [4.69, 9.17) is 13.9 Å². The highest BCUT2D eigenvalue weighted by atomic mass is 16.6. The molecule has 1 atom stereocenters. The molecule has 0 saturated carbocycles. The van der Waals surface area contributed by atoms with Gasteiger partial charge < -0.3 is 18.9 Å². The van der Waals surface area contributed by atoms with Gasteiger partial charge in [-0.15, -0.1) is 10.2 Å². The number of aromatic amines is 1. The smallest absolute Gasteiger partial charge is 0.355 e. The molecule has 0 fully saturated rings. The van der Waals surface area contributed by atoms with Crippen LogP contribution in [0.5, 0.6) is 0 Å². The first-order valence-corrected chi connectivity index (χ1v) is 8.88. The molecule has 0 unspecified atom stereocenters. The van der Waals surface area contributed by atoms with Crippen molar-refractivity contribution in [2.24, 2.45) is 0 Å². The van der Waals surface area contributed by atoms with E-state index in [2.05, 4.69) is 15.2 Å². The molecule has 0 spiro atoms. The standard InChI is InChI=1S/C20H21N3O5/c1-5-26-20(25)16-11(2)15(12(3)21-16)19(24)27-13(4)17-22-23-18(28-17)14-9-7-6-8-10-14/h6-10,13,21H,5H2,1-4H3/t13-/m0/s1. The van der Waals surface area contributed by atoms with E-state index in [1.54, 1.807) is 27.7 Å². The van der Waals surface area contributed by atoms with E-state index in [0.29, 0.717) is 17.1 Å². The molecule has 0 bridgehead atoms. The molecule has 0 radical (unpaired) electrons. The maximum absolute atomic E-state index is 12.7. The van der Waals surface area contributed by atoms with E-state index in [1.807, 2.05) is 30.3 Å². The van der Waals surface area contributed by atoms with Crippen molar-refractivity contribution >= 4 is 11.9 Å². The SMILES string of the molecule is CCOC(=O)c1[nH]c(C)c(C(=O)O[C@@H](C)c2nnc(-c3ccccc3)o2)c1C. The molecule has 0 aliphatic rings. The zero-order chi connectivity index (χ0) is 20.3. The summed E-state index contributed by atoms with van der Waals surface area (Å²) in [5, 5.41) is 7.96. The molecule has 1 N–H and O–H groups in total. The van der Waals surface area contributed by atoms with Crippen molar-refractivity contribution in [1.82, 2.24) is 15.2 Å². The molecule has 3 aromatic rings. The molecule has 2 aromatic heterocycles. The highest BCUT2D eigenvalue weighted by molar-refractivity contribution is 5.98. The number of aryl methyl sites for hydroxylation is 1. The number of ether oxygens (including phenoxy) is 2. The number of hydrogen-bond donors (Lipinski definition) is 1. The highest BCUT2D eigenvalue weighted by Gasteiger charge is 2.26. The quantitative estimate of drug-likeness (QED) is 0.645. The van der Waals surface area contributed by atoms with Crippen LogP contribution in [-0.4, -0.2) is 33.7 Å². The van der Waals surface area contributed by atoms with Crippen molar-refractivity contribution in [3.05, 3.63) is 58.7 Å². The average molecular weight is 383 g/mol. The van der Waals surface area contributed by atoms with Gasteiger partial charge in [-0.1, -0.05) is 18.2 Å². The summed E-state index contributed by atoms with van der Waals surface area (Å²) in [5.41, 5.74) is 2.30. The Hall–Kier alpha value is -3.42. The first kappa shape index (κ1) is 19.3. The lowest BCUT2D eigenvalue weighted by atomic mass is 10.1. The summed E-state index contributed by atoms with van der Waals surface area (Å²) in [6.07, 6.45) is -0.753. The fraction of sp³-hybridized carbons (Fsp3) is 0.300. The fourth-order valence-electron chi connectivity index (χ4n) is 2.83. The van der Waals surface area contributed by atoms with Crippen molar-refractivity contribution in [3.63, 3.8) is 0 Å². The Balaban J connectivity index is 1.77. The molecule has 146 valence electrons. The van der Waals surface area contributed by atoms with Gasteiger partial charge in [-0.3, -0.25) is 0 Å². The third-order valence-electron chi connectivity index (χ3n) is 4.21. The monoisotopic (exact) mass is 383 g/mol. The van der Waals surface area contributed by atoms with Gasteiger partial charge in [0.15, 0.2) is 6.10 Å². The largest absolute Gasteiger partial charge is 0.461 e. The number of hydrogen-bond acceptors (Lipinski definition) is 7. The maximum atomic E-state index is 12.7. The van der Waals surface area contributed by atoms with E-state index in [9.17, 15) is 9.59 Å². The number of nitrogens with zero attached hydrogens (tertiary/aromatic N) is 2. The Bertz CT molecular complexity index is 991. The van der Waals surface area contributed by atoms with E-state index in [0.717, 1.165) is 5.56 Å². The first-order chi connectivity index (χ1) is 13.4. The van der Waals surface area contributed by atoms with E-state index >= 15 is 0 Å². The lowest BCUT2D eigenvalue weighted by Gasteiger charge is -2.10. The maximum Gasteiger partial charge on any atom is 0.355 e. The highest BCUT2D eigenvalue weighted by Crippen LogP contribution is 2.25. The number of rotatable bonds is 6. The number of aromatic nitrogens is 3. The van der Waals surface area contributed by atoms with Crippen LogP contribution in [0.15, 0.2) is 34.7 Å². The minimum absolute atomic E-state index is 0.184. The molecular formula is C20H21N3O5. The van der Waals surface area contributed by atoms with Crippen LogP contribution in [-0.2, 0) is 9.47 Å². The second-order valence-electron chi connectivity index (χ2n) is 6.20. The summed E-state index contributed by atoms with van der Waals surface area (Å²) in [4.78, 5) is 27.5. The van der Waals surface area contributed by atoms with Gasteiger partial charge in [-0.2, -0.15) is 0 Å². The predicted octanol–water partition coefficient (Wildman–Crippen LogP) is 3.78. The van der Waals surface area contributed by atoms with Crippen molar-refractivity contribution < 1.29 is 23.5 Å². The van der Waals surface area contributed by atoms with Gasteiger partial charge in [0.05, 0.1) is 12.2 Å².